The molecule has 0 atom stereocenters. The topological polar surface area (TPSA) is 62.3 Å². The standard InChI is InChI=1S/C24H29N3O4/c1-30-22-6-5-20-16-19(2-4-21(20)17-22)3-7-23(28)26-10-8-25(9-11-26)18-24(29)27-12-14-31-15-13-27/h2-7,16-17H,8-15,18H2,1H3/b7-3+. The number of methoxy groups -OCH3 is 1. The summed E-state index contributed by atoms with van der Waals surface area (Å²) in [7, 11) is 1.66. The molecule has 4 rings (SSSR count). The predicted molar refractivity (Wildman–Crippen MR) is 120 cm³/mol. The van der Waals surface area contributed by atoms with Gasteiger partial charge in [0.05, 0.1) is 26.9 Å². The first-order chi connectivity index (χ1) is 15.1. The second-order valence-corrected chi connectivity index (χ2v) is 7.90. The molecule has 31 heavy (non-hydrogen) atoms. The molecule has 0 saturated carbocycles. The summed E-state index contributed by atoms with van der Waals surface area (Å²) >= 11 is 0. The van der Waals surface area contributed by atoms with E-state index in [-0.39, 0.29) is 11.8 Å². The lowest BCUT2D eigenvalue weighted by Crippen LogP contribution is -2.52. The highest BCUT2D eigenvalue weighted by atomic mass is 16.5. The molecule has 2 aromatic rings. The summed E-state index contributed by atoms with van der Waals surface area (Å²) < 4.78 is 10.6. The van der Waals surface area contributed by atoms with E-state index in [1.54, 1.807) is 13.2 Å². The molecular weight excluding hydrogens is 394 g/mol. The Morgan fingerprint density at radius 2 is 1.65 bits per heavy atom. The summed E-state index contributed by atoms with van der Waals surface area (Å²) in [4.78, 5) is 30.8. The van der Waals surface area contributed by atoms with Crippen molar-refractivity contribution in [2.24, 2.45) is 0 Å². The van der Waals surface area contributed by atoms with Gasteiger partial charge in [-0.25, -0.2) is 0 Å². The Balaban J connectivity index is 1.28. The minimum absolute atomic E-state index is 0.00832. The van der Waals surface area contributed by atoms with Crippen molar-refractivity contribution in [2.75, 3.05) is 66.1 Å². The third kappa shape index (κ3) is 5.42. The fraction of sp³-hybridized carbons (Fsp3) is 0.417. The highest BCUT2D eigenvalue weighted by molar-refractivity contribution is 5.93. The molecule has 0 bridgehead atoms. The lowest BCUT2D eigenvalue weighted by atomic mass is 10.1. The van der Waals surface area contributed by atoms with E-state index in [9.17, 15) is 9.59 Å². The largest absolute Gasteiger partial charge is 0.497 e. The van der Waals surface area contributed by atoms with Gasteiger partial charge in [-0.3, -0.25) is 14.5 Å². The van der Waals surface area contributed by atoms with Gasteiger partial charge in [0.1, 0.15) is 5.75 Å². The van der Waals surface area contributed by atoms with E-state index in [2.05, 4.69) is 11.0 Å². The number of rotatable bonds is 5. The van der Waals surface area contributed by atoms with Crippen LogP contribution in [0.5, 0.6) is 5.75 Å². The van der Waals surface area contributed by atoms with Gasteiger partial charge >= 0.3 is 0 Å². The summed E-state index contributed by atoms with van der Waals surface area (Å²) in [5.74, 6) is 0.989. The lowest BCUT2D eigenvalue weighted by Gasteiger charge is -2.35. The van der Waals surface area contributed by atoms with Crippen LogP contribution in [0.1, 0.15) is 5.56 Å². The fourth-order valence-corrected chi connectivity index (χ4v) is 3.98. The van der Waals surface area contributed by atoms with Crippen molar-refractivity contribution in [1.82, 2.24) is 14.7 Å². The van der Waals surface area contributed by atoms with Crippen LogP contribution in [-0.4, -0.2) is 92.7 Å². The zero-order valence-electron chi connectivity index (χ0n) is 18.0. The van der Waals surface area contributed by atoms with Gasteiger partial charge in [-0.15, -0.1) is 0 Å². The minimum atomic E-state index is 0.00832. The average Bonchev–Trinajstić information content (AvgIpc) is 2.83. The number of hydrogen-bond acceptors (Lipinski definition) is 5. The van der Waals surface area contributed by atoms with Gasteiger partial charge in [0, 0.05) is 45.3 Å². The molecule has 2 saturated heterocycles. The molecule has 2 aromatic carbocycles. The number of hydrogen-bond donors (Lipinski definition) is 0. The Morgan fingerprint density at radius 1 is 0.935 bits per heavy atom. The van der Waals surface area contributed by atoms with Crippen LogP contribution in [0, 0.1) is 0 Å². The van der Waals surface area contributed by atoms with E-state index in [4.69, 9.17) is 9.47 Å². The summed E-state index contributed by atoms with van der Waals surface area (Å²) in [6.07, 6.45) is 3.50. The zero-order valence-corrected chi connectivity index (χ0v) is 18.0. The van der Waals surface area contributed by atoms with Crippen molar-refractivity contribution < 1.29 is 19.1 Å². The number of amides is 2. The number of piperazine rings is 1. The van der Waals surface area contributed by atoms with Crippen LogP contribution in [0.25, 0.3) is 16.8 Å². The summed E-state index contributed by atoms with van der Waals surface area (Å²) in [6.45, 7) is 5.70. The van der Waals surface area contributed by atoms with Crippen LogP contribution in [0.3, 0.4) is 0 Å². The number of carbonyl (C=O) groups excluding carboxylic acids is 2. The number of nitrogens with zero attached hydrogens (tertiary/aromatic N) is 3. The third-order valence-electron chi connectivity index (χ3n) is 5.90. The summed E-state index contributed by atoms with van der Waals surface area (Å²) in [5, 5.41) is 2.21. The maximum absolute atomic E-state index is 12.6. The molecule has 0 spiro atoms. The van der Waals surface area contributed by atoms with Crippen molar-refractivity contribution in [2.45, 2.75) is 0 Å². The first-order valence-corrected chi connectivity index (χ1v) is 10.7. The number of morpholine rings is 1. The number of benzene rings is 2. The second kappa shape index (κ2) is 9.94. The molecule has 0 radical (unpaired) electrons. The SMILES string of the molecule is COc1ccc2cc(/C=C/C(=O)N3CCN(CC(=O)N4CCOCC4)CC3)ccc2c1. The number of fused-ring (bicyclic) bond motifs is 1. The molecule has 0 aromatic heterocycles. The van der Waals surface area contributed by atoms with Crippen molar-refractivity contribution >= 4 is 28.7 Å². The molecule has 2 aliphatic heterocycles. The predicted octanol–water partition coefficient (Wildman–Crippen LogP) is 1.86. The van der Waals surface area contributed by atoms with Crippen LogP contribution in [0.2, 0.25) is 0 Å². The smallest absolute Gasteiger partial charge is 0.246 e. The van der Waals surface area contributed by atoms with Gasteiger partial charge in [-0.05, 0) is 40.6 Å². The second-order valence-electron chi connectivity index (χ2n) is 7.90. The van der Waals surface area contributed by atoms with E-state index in [1.165, 1.54) is 0 Å². The van der Waals surface area contributed by atoms with Gasteiger partial charge in [0.2, 0.25) is 11.8 Å². The summed E-state index contributed by atoms with van der Waals surface area (Å²) in [5.41, 5.74) is 0.987. The highest BCUT2D eigenvalue weighted by Crippen LogP contribution is 2.22. The number of carbonyl (C=O) groups is 2. The Morgan fingerprint density at radius 3 is 2.39 bits per heavy atom. The van der Waals surface area contributed by atoms with Crippen molar-refractivity contribution in [3.05, 3.63) is 48.0 Å². The van der Waals surface area contributed by atoms with Crippen molar-refractivity contribution in [3.8, 4) is 5.75 Å². The fourth-order valence-electron chi connectivity index (χ4n) is 3.98. The van der Waals surface area contributed by atoms with Crippen molar-refractivity contribution in [1.29, 1.82) is 0 Å². The summed E-state index contributed by atoms with van der Waals surface area (Å²) in [6, 6.07) is 12.0. The van der Waals surface area contributed by atoms with Crippen LogP contribution in [-0.2, 0) is 14.3 Å². The molecule has 2 heterocycles. The molecule has 2 amide bonds. The van der Waals surface area contributed by atoms with Gasteiger partial charge in [0.15, 0.2) is 0 Å². The Labute approximate surface area is 182 Å². The van der Waals surface area contributed by atoms with Crippen LogP contribution < -0.4 is 4.74 Å². The van der Waals surface area contributed by atoms with Gasteiger partial charge in [-0.1, -0.05) is 18.2 Å². The molecule has 2 fully saturated rings. The quantitative estimate of drug-likeness (QED) is 0.687. The average molecular weight is 424 g/mol. The zero-order chi connectivity index (χ0) is 21.6. The Kier molecular flexibility index (Phi) is 6.84. The number of ether oxygens (including phenoxy) is 2. The van der Waals surface area contributed by atoms with Crippen LogP contribution >= 0.6 is 0 Å². The van der Waals surface area contributed by atoms with Gasteiger partial charge in [-0.2, -0.15) is 0 Å². The van der Waals surface area contributed by atoms with Crippen LogP contribution in [0.15, 0.2) is 42.5 Å². The third-order valence-corrected chi connectivity index (χ3v) is 5.90. The normalized spacial score (nSPS) is 18.0. The molecule has 0 aliphatic carbocycles. The molecule has 7 nitrogen and oxygen atoms in total. The first kappa shape index (κ1) is 21.3. The monoisotopic (exact) mass is 423 g/mol. The molecular formula is C24H29N3O4. The van der Waals surface area contributed by atoms with E-state index in [1.807, 2.05) is 46.2 Å². The van der Waals surface area contributed by atoms with E-state index >= 15 is 0 Å². The van der Waals surface area contributed by atoms with Gasteiger partial charge in [0.25, 0.3) is 0 Å². The van der Waals surface area contributed by atoms with Gasteiger partial charge < -0.3 is 19.3 Å². The minimum Gasteiger partial charge on any atom is -0.497 e. The van der Waals surface area contributed by atoms with Crippen molar-refractivity contribution in [3.63, 3.8) is 0 Å². The molecule has 2 aliphatic rings. The lowest BCUT2D eigenvalue weighted by molar-refractivity contribution is -0.137. The van der Waals surface area contributed by atoms with E-state index in [0.29, 0.717) is 59.0 Å². The molecule has 0 N–H and O–H groups in total. The Hall–Kier alpha value is -2.90. The van der Waals surface area contributed by atoms with Crippen LogP contribution in [0.4, 0.5) is 0 Å². The highest BCUT2D eigenvalue weighted by Gasteiger charge is 2.24. The Bertz CT molecular complexity index is 960. The molecule has 7 heteroatoms. The first-order valence-electron chi connectivity index (χ1n) is 10.7. The maximum atomic E-state index is 12.6. The van der Waals surface area contributed by atoms with E-state index < -0.39 is 0 Å². The maximum Gasteiger partial charge on any atom is 0.246 e. The molecule has 0 unspecified atom stereocenters. The molecule has 164 valence electrons. The van der Waals surface area contributed by atoms with E-state index in [0.717, 1.165) is 22.1 Å².